The second kappa shape index (κ2) is 7.26. The quantitative estimate of drug-likeness (QED) is 0.750. The second-order valence-corrected chi connectivity index (χ2v) is 5.75. The van der Waals surface area contributed by atoms with E-state index in [2.05, 4.69) is 26.2 Å². The number of amides is 2. The number of nitrogens with one attached hydrogen (secondary N) is 2. The van der Waals surface area contributed by atoms with E-state index in [1.165, 1.54) is 17.1 Å². The highest BCUT2D eigenvalue weighted by Crippen LogP contribution is 2.20. The monoisotopic (exact) mass is 358 g/mol. The number of halogens is 2. The molecule has 26 heavy (non-hydrogen) atoms. The Morgan fingerprint density at radius 3 is 2.65 bits per heavy atom. The molecule has 0 aliphatic carbocycles. The van der Waals surface area contributed by atoms with Crippen LogP contribution in [-0.2, 0) is 0 Å². The van der Waals surface area contributed by atoms with Crippen LogP contribution in [0.2, 0.25) is 0 Å². The summed E-state index contributed by atoms with van der Waals surface area (Å²) in [5, 5.41) is 16.4. The minimum atomic E-state index is -0.957. The van der Waals surface area contributed by atoms with Gasteiger partial charge in [0.05, 0.1) is 11.7 Å². The molecule has 0 fully saturated rings. The molecule has 1 heterocycles. The zero-order valence-electron chi connectivity index (χ0n) is 14.1. The summed E-state index contributed by atoms with van der Waals surface area (Å²) in [5.74, 6) is -1.89. The third-order valence-corrected chi connectivity index (χ3v) is 3.87. The minimum Gasteiger partial charge on any atom is -0.331 e. The highest BCUT2D eigenvalue weighted by molar-refractivity contribution is 5.90. The van der Waals surface area contributed by atoms with Gasteiger partial charge in [-0.15, -0.1) is 5.10 Å². The molecule has 9 heteroatoms. The van der Waals surface area contributed by atoms with Crippen LogP contribution in [0.1, 0.15) is 24.1 Å². The number of tetrazole rings is 1. The average Bonchev–Trinajstić information content (AvgIpc) is 3.13. The molecule has 0 spiro atoms. The third-order valence-electron chi connectivity index (χ3n) is 3.87. The largest absolute Gasteiger partial charge is 0.331 e. The van der Waals surface area contributed by atoms with E-state index < -0.39 is 23.7 Å². The number of aromatic nitrogens is 4. The number of rotatable bonds is 4. The molecule has 2 aromatic carbocycles. The molecule has 2 N–H and O–H groups in total. The minimum absolute atomic E-state index is 0.457. The number of benzene rings is 2. The molecule has 134 valence electrons. The van der Waals surface area contributed by atoms with Gasteiger partial charge in [0.25, 0.3) is 0 Å². The van der Waals surface area contributed by atoms with Gasteiger partial charge < -0.3 is 10.6 Å². The van der Waals surface area contributed by atoms with E-state index in [1.54, 1.807) is 13.0 Å². The Bertz CT molecular complexity index is 929. The maximum absolute atomic E-state index is 13.3. The molecule has 0 saturated carbocycles. The standard InChI is InChI=1S/C17H16F2N6O/c1-10-3-5-13(25-9-20-23-24-25)8-16(10)22-17(26)21-11(2)12-4-6-14(18)15(19)7-12/h3-9,11H,1-2H3,(H2,21,22,26)/t11-/m1/s1. The van der Waals surface area contributed by atoms with Crippen LogP contribution < -0.4 is 10.6 Å². The zero-order valence-corrected chi connectivity index (χ0v) is 14.1. The van der Waals surface area contributed by atoms with Gasteiger partial charge in [-0.2, -0.15) is 0 Å². The number of carbonyl (C=O) groups is 1. The summed E-state index contributed by atoms with van der Waals surface area (Å²) in [7, 11) is 0. The van der Waals surface area contributed by atoms with Crippen LogP contribution in [0.5, 0.6) is 0 Å². The number of urea groups is 1. The first kappa shape index (κ1) is 17.5. The van der Waals surface area contributed by atoms with Crippen molar-refractivity contribution in [1.82, 2.24) is 25.5 Å². The van der Waals surface area contributed by atoms with Crippen LogP contribution in [0.4, 0.5) is 19.3 Å². The summed E-state index contributed by atoms with van der Waals surface area (Å²) >= 11 is 0. The SMILES string of the molecule is Cc1ccc(-n2cnnn2)cc1NC(=O)N[C@H](C)c1ccc(F)c(F)c1. The predicted octanol–water partition coefficient (Wildman–Crippen LogP) is 3.13. The fourth-order valence-corrected chi connectivity index (χ4v) is 2.39. The van der Waals surface area contributed by atoms with Gasteiger partial charge in [0, 0.05) is 5.69 Å². The van der Waals surface area contributed by atoms with E-state index in [-0.39, 0.29) is 0 Å². The lowest BCUT2D eigenvalue weighted by Gasteiger charge is -2.16. The summed E-state index contributed by atoms with van der Waals surface area (Å²) in [6.45, 7) is 3.52. The van der Waals surface area contributed by atoms with Crippen molar-refractivity contribution < 1.29 is 13.6 Å². The van der Waals surface area contributed by atoms with Crippen molar-refractivity contribution in [1.29, 1.82) is 0 Å². The lowest BCUT2D eigenvalue weighted by atomic mass is 10.1. The maximum atomic E-state index is 13.3. The van der Waals surface area contributed by atoms with Gasteiger partial charge in [-0.05, 0) is 59.7 Å². The van der Waals surface area contributed by atoms with Gasteiger partial charge in [-0.25, -0.2) is 18.3 Å². The van der Waals surface area contributed by atoms with Crippen LogP contribution in [0.3, 0.4) is 0 Å². The first-order chi connectivity index (χ1) is 12.4. The molecule has 0 radical (unpaired) electrons. The van der Waals surface area contributed by atoms with E-state index >= 15 is 0 Å². The van der Waals surface area contributed by atoms with Crippen molar-refractivity contribution in [2.75, 3.05) is 5.32 Å². The van der Waals surface area contributed by atoms with Crippen LogP contribution in [0.25, 0.3) is 5.69 Å². The lowest BCUT2D eigenvalue weighted by Crippen LogP contribution is -2.31. The van der Waals surface area contributed by atoms with Gasteiger partial charge in [-0.1, -0.05) is 12.1 Å². The maximum Gasteiger partial charge on any atom is 0.319 e. The summed E-state index contributed by atoms with van der Waals surface area (Å²) in [6, 6.07) is 7.90. The molecule has 3 rings (SSSR count). The molecule has 0 aliphatic heterocycles. The fraction of sp³-hybridized carbons (Fsp3) is 0.176. The molecular weight excluding hydrogens is 342 g/mol. The van der Waals surface area contributed by atoms with E-state index in [0.717, 1.165) is 17.7 Å². The Morgan fingerprint density at radius 2 is 1.96 bits per heavy atom. The second-order valence-electron chi connectivity index (χ2n) is 5.75. The van der Waals surface area contributed by atoms with Crippen molar-refractivity contribution in [2.24, 2.45) is 0 Å². The molecule has 1 atom stereocenters. The molecule has 0 aliphatic rings. The van der Waals surface area contributed by atoms with Crippen molar-refractivity contribution >= 4 is 11.7 Å². The number of hydrogen-bond acceptors (Lipinski definition) is 4. The molecule has 7 nitrogen and oxygen atoms in total. The van der Waals surface area contributed by atoms with E-state index in [4.69, 9.17) is 0 Å². The lowest BCUT2D eigenvalue weighted by molar-refractivity contribution is 0.249. The molecule has 1 aromatic heterocycles. The Labute approximate surface area is 148 Å². The van der Waals surface area contributed by atoms with Gasteiger partial charge in [0.2, 0.25) is 0 Å². The molecule has 2 amide bonds. The normalized spacial score (nSPS) is 11.8. The molecule has 0 saturated heterocycles. The first-order valence-electron chi connectivity index (χ1n) is 7.80. The third kappa shape index (κ3) is 3.82. The number of hydrogen-bond donors (Lipinski definition) is 2. The molecule has 0 bridgehead atoms. The van der Waals surface area contributed by atoms with E-state index in [1.807, 2.05) is 19.1 Å². The Balaban J connectivity index is 1.71. The van der Waals surface area contributed by atoms with Gasteiger partial charge in [0.1, 0.15) is 6.33 Å². The van der Waals surface area contributed by atoms with Crippen molar-refractivity contribution in [3.8, 4) is 5.69 Å². The average molecular weight is 358 g/mol. The van der Waals surface area contributed by atoms with Gasteiger partial charge >= 0.3 is 6.03 Å². The van der Waals surface area contributed by atoms with E-state index in [9.17, 15) is 13.6 Å². The number of carbonyl (C=O) groups excluding carboxylic acids is 1. The number of anilines is 1. The Morgan fingerprint density at radius 1 is 1.15 bits per heavy atom. The van der Waals surface area contributed by atoms with Crippen LogP contribution >= 0.6 is 0 Å². The van der Waals surface area contributed by atoms with Crippen molar-refractivity contribution in [2.45, 2.75) is 19.9 Å². The Hall–Kier alpha value is -3.36. The van der Waals surface area contributed by atoms with Crippen molar-refractivity contribution in [3.05, 3.63) is 65.5 Å². The summed E-state index contributed by atoms with van der Waals surface area (Å²) in [6.07, 6.45) is 1.44. The molecule has 3 aromatic rings. The molecule has 0 unspecified atom stereocenters. The fourth-order valence-electron chi connectivity index (χ4n) is 2.39. The van der Waals surface area contributed by atoms with E-state index in [0.29, 0.717) is 16.9 Å². The van der Waals surface area contributed by atoms with Crippen molar-refractivity contribution in [3.63, 3.8) is 0 Å². The van der Waals surface area contributed by atoms with Gasteiger partial charge in [0.15, 0.2) is 11.6 Å². The highest BCUT2D eigenvalue weighted by atomic mass is 19.2. The van der Waals surface area contributed by atoms with Crippen LogP contribution in [-0.4, -0.2) is 26.2 Å². The van der Waals surface area contributed by atoms with Gasteiger partial charge in [-0.3, -0.25) is 0 Å². The highest BCUT2D eigenvalue weighted by Gasteiger charge is 2.13. The predicted molar refractivity (Wildman–Crippen MR) is 90.8 cm³/mol. The number of nitrogens with zero attached hydrogens (tertiary/aromatic N) is 4. The zero-order chi connectivity index (χ0) is 18.7. The summed E-state index contributed by atoms with van der Waals surface area (Å²) < 4.78 is 27.8. The van der Waals surface area contributed by atoms with Crippen LogP contribution in [0.15, 0.2) is 42.7 Å². The van der Waals surface area contributed by atoms with Crippen LogP contribution in [0, 0.1) is 18.6 Å². The Kier molecular flexibility index (Phi) is 4.87. The summed E-state index contributed by atoms with van der Waals surface area (Å²) in [5.41, 5.74) is 2.56. The first-order valence-corrected chi connectivity index (χ1v) is 7.80. The smallest absolute Gasteiger partial charge is 0.319 e. The number of aryl methyl sites for hydroxylation is 1. The summed E-state index contributed by atoms with van der Waals surface area (Å²) in [4.78, 5) is 12.3. The molecular formula is C17H16F2N6O. The topological polar surface area (TPSA) is 84.7 Å².